The summed E-state index contributed by atoms with van der Waals surface area (Å²) in [5.74, 6) is -0.907. The lowest BCUT2D eigenvalue weighted by atomic mass is 10.3. The molecule has 0 bridgehead atoms. The van der Waals surface area contributed by atoms with E-state index in [4.69, 9.17) is 5.11 Å². The fourth-order valence-electron chi connectivity index (χ4n) is 0.640. The predicted octanol–water partition coefficient (Wildman–Crippen LogP) is 1.20. The lowest BCUT2D eigenvalue weighted by Crippen LogP contribution is -1.97. The molecule has 0 unspecified atom stereocenters. The molecule has 0 aliphatic rings. The molecule has 0 aromatic carbocycles. The van der Waals surface area contributed by atoms with Gasteiger partial charge < -0.3 is 5.11 Å². The smallest absolute Gasteiger partial charge is 0.347 e. The minimum Gasteiger partial charge on any atom is -0.477 e. The maximum Gasteiger partial charge on any atom is 0.347 e. The zero-order valence-corrected chi connectivity index (χ0v) is 6.23. The molecule has 1 N–H and O–H groups in total. The number of aromatic nitrogens is 1. The third-order valence-electron chi connectivity index (χ3n) is 1.12. The van der Waals surface area contributed by atoms with Gasteiger partial charge in [0.1, 0.15) is 4.88 Å². The molecule has 53 valence electrons. The van der Waals surface area contributed by atoms with Crippen LogP contribution in [0, 0.1) is 5.51 Å². The lowest BCUT2D eigenvalue weighted by Gasteiger charge is -1.89. The SMILES string of the molecule is CCc1n[c]sc1C(=O)O. The fourth-order valence-corrected chi connectivity index (χ4v) is 1.28. The summed E-state index contributed by atoms with van der Waals surface area (Å²) in [4.78, 5) is 14.5. The molecule has 1 radical (unpaired) electrons. The number of aryl methyl sites for hydroxylation is 1. The Kier molecular flexibility index (Phi) is 2.01. The van der Waals surface area contributed by atoms with Crippen molar-refractivity contribution in [1.82, 2.24) is 4.98 Å². The molecule has 0 atom stereocenters. The molecule has 0 amide bonds. The number of carbonyl (C=O) groups is 1. The first-order valence-electron chi connectivity index (χ1n) is 2.84. The van der Waals surface area contributed by atoms with Crippen LogP contribution in [-0.2, 0) is 6.42 Å². The summed E-state index contributed by atoms with van der Waals surface area (Å²) in [7, 11) is 0. The number of carboxylic acid groups (broad SMARTS) is 1. The van der Waals surface area contributed by atoms with Crippen LogP contribution in [0.1, 0.15) is 22.3 Å². The summed E-state index contributed by atoms with van der Waals surface area (Å²) in [6, 6.07) is 0. The molecule has 0 aliphatic heterocycles. The third-order valence-corrected chi connectivity index (χ3v) is 1.92. The molecular weight excluding hydrogens is 150 g/mol. The molecule has 4 heteroatoms. The van der Waals surface area contributed by atoms with E-state index in [1.165, 1.54) is 0 Å². The van der Waals surface area contributed by atoms with Gasteiger partial charge in [-0.3, -0.25) is 0 Å². The number of nitrogens with zero attached hydrogens (tertiary/aromatic N) is 1. The Labute approximate surface area is 62.3 Å². The van der Waals surface area contributed by atoms with Gasteiger partial charge in [0.2, 0.25) is 0 Å². The Bertz CT molecular complexity index is 244. The highest BCUT2D eigenvalue weighted by atomic mass is 32.1. The van der Waals surface area contributed by atoms with Crippen LogP contribution in [0.4, 0.5) is 0 Å². The van der Waals surface area contributed by atoms with Crippen molar-refractivity contribution in [3.63, 3.8) is 0 Å². The fraction of sp³-hybridized carbons (Fsp3) is 0.333. The van der Waals surface area contributed by atoms with Gasteiger partial charge in [0, 0.05) is 0 Å². The van der Waals surface area contributed by atoms with Gasteiger partial charge in [-0.05, 0) is 6.42 Å². The first-order chi connectivity index (χ1) is 4.75. The minimum absolute atomic E-state index is 0.308. The van der Waals surface area contributed by atoms with E-state index in [1.54, 1.807) is 0 Å². The molecule has 0 spiro atoms. The molecule has 0 fully saturated rings. The monoisotopic (exact) mass is 156 g/mol. The van der Waals surface area contributed by atoms with E-state index in [9.17, 15) is 4.79 Å². The normalized spacial score (nSPS) is 9.70. The number of rotatable bonds is 2. The highest BCUT2D eigenvalue weighted by molar-refractivity contribution is 7.11. The van der Waals surface area contributed by atoms with Gasteiger partial charge in [0.25, 0.3) is 0 Å². The van der Waals surface area contributed by atoms with E-state index < -0.39 is 5.97 Å². The third kappa shape index (κ3) is 1.16. The number of hydrogen-bond donors (Lipinski definition) is 1. The van der Waals surface area contributed by atoms with Crippen molar-refractivity contribution >= 4 is 17.3 Å². The zero-order chi connectivity index (χ0) is 7.56. The Hall–Kier alpha value is -0.900. The van der Waals surface area contributed by atoms with Gasteiger partial charge in [-0.25, -0.2) is 9.78 Å². The Morgan fingerprint density at radius 1 is 1.90 bits per heavy atom. The number of hydrogen-bond acceptors (Lipinski definition) is 3. The Balaban J connectivity index is 3.01. The Morgan fingerprint density at radius 2 is 2.60 bits per heavy atom. The molecule has 1 heterocycles. The lowest BCUT2D eigenvalue weighted by molar-refractivity contribution is 0.0701. The van der Waals surface area contributed by atoms with Crippen LogP contribution < -0.4 is 0 Å². The first-order valence-corrected chi connectivity index (χ1v) is 3.66. The molecule has 1 aromatic heterocycles. The number of aromatic carboxylic acids is 1. The maximum atomic E-state index is 10.4. The second kappa shape index (κ2) is 2.79. The summed E-state index contributed by atoms with van der Waals surface area (Å²) in [6.45, 7) is 1.87. The Morgan fingerprint density at radius 3 is 3.00 bits per heavy atom. The van der Waals surface area contributed by atoms with Gasteiger partial charge in [0.15, 0.2) is 5.51 Å². The summed E-state index contributed by atoms with van der Waals surface area (Å²) < 4.78 is 0. The highest BCUT2D eigenvalue weighted by Gasteiger charge is 2.10. The summed E-state index contributed by atoms with van der Waals surface area (Å²) in [5.41, 5.74) is 3.16. The molecule has 1 aromatic rings. The van der Waals surface area contributed by atoms with Crippen molar-refractivity contribution in [2.45, 2.75) is 13.3 Å². The van der Waals surface area contributed by atoms with Gasteiger partial charge >= 0.3 is 5.97 Å². The van der Waals surface area contributed by atoms with Crippen molar-refractivity contribution < 1.29 is 9.90 Å². The molecule has 0 saturated carbocycles. The second-order valence-corrected chi connectivity index (χ2v) is 2.53. The van der Waals surface area contributed by atoms with E-state index in [0.29, 0.717) is 17.0 Å². The zero-order valence-electron chi connectivity index (χ0n) is 5.42. The minimum atomic E-state index is -0.907. The first kappa shape index (κ1) is 7.21. The topological polar surface area (TPSA) is 50.2 Å². The average Bonchev–Trinajstić information content (AvgIpc) is 2.33. The summed E-state index contributed by atoms with van der Waals surface area (Å²) in [5, 5.41) is 8.54. The molecule has 10 heavy (non-hydrogen) atoms. The van der Waals surface area contributed by atoms with E-state index >= 15 is 0 Å². The van der Waals surface area contributed by atoms with Crippen molar-refractivity contribution in [2.24, 2.45) is 0 Å². The molecule has 0 aliphatic carbocycles. The molecule has 3 nitrogen and oxygen atoms in total. The van der Waals surface area contributed by atoms with Gasteiger partial charge in [-0.1, -0.05) is 6.92 Å². The quantitative estimate of drug-likeness (QED) is 0.700. The molecule has 1 rings (SSSR count). The van der Waals surface area contributed by atoms with Crippen molar-refractivity contribution in [1.29, 1.82) is 0 Å². The van der Waals surface area contributed by atoms with E-state index in [1.807, 2.05) is 6.92 Å². The van der Waals surface area contributed by atoms with Crippen LogP contribution in [0.25, 0.3) is 0 Å². The van der Waals surface area contributed by atoms with Crippen LogP contribution in [0.3, 0.4) is 0 Å². The molecule has 0 saturated heterocycles. The van der Waals surface area contributed by atoms with Crippen LogP contribution in [0.15, 0.2) is 0 Å². The van der Waals surface area contributed by atoms with Crippen LogP contribution >= 0.6 is 11.3 Å². The summed E-state index contributed by atoms with van der Waals surface area (Å²) >= 11 is 1.05. The van der Waals surface area contributed by atoms with Gasteiger partial charge in [-0.2, -0.15) is 0 Å². The average molecular weight is 156 g/mol. The predicted molar refractivity (Wildman–Crippen MR) is 37.3 cm³/mol. The van der Waals surface area contributed by atoms with E-state index in [0.717, 1.165) is 11.3 Å². The van der Waals surface area contributed by atoms with Gasteiger partial charge in [-0.15, -0.1) is 11.3 Å². The standard InChI is InChI=1S/C6H6NO2S/c1-2-4-5(6(8)9)10-3-7-4/h2H2,1H3,(H,8,9). The van der Waals surface area contributed by atoms with Crippen molar-refractivity contribution in [3.05, 3.63) is 16.1 Å². The number of thiazole rings is 1. The van der Waals surface area contributed by atoms with Crippen molar-refractivity contribution in [3.8, 4) is 0 Å². The van der Waals surface area contributed by atoms with Gasteiger partial charge in [0.05, 0.1) is 5.69 Å². The number of carboxylic acids is 1. The van der Waals surface area contributed by atoms with Crippen molar-refractivity contribution in [2.75, 3.05) is 0 Å². The molecular formula is C6H6NO2S. The van der Waals surface area contributed by atoms with Crippen LogP contribution in [0.2, 0.25) is 0 Å². The van der Waals surface area contributed by atoms with E-state index in [-0.39, 0.29) is 0 Å². The largest absolute Gasteiger partial charge is 0.477 e. The second-order valence-electron chi connectivity index (χ2n) is 1.74. The van der Waals surface area contributed by atoms with Crippen LogP contribution in [-0.4, -0.2) is 16.1 Å². The summed E-state index contributed by atoms with van der Waals surface area (Å²) in [6.07, 6.45) is 0.654. The van der Waals surface area contributed by atoms with E-state index in [2.05, 4.69) is 10.5 Å². The maximum absolute atomic E-state index is 10.4. The van der Waals surface area contributed by atoms with Crippen LogP contribution in [0.5, 0.6) is 0 Å². The highest BCUT2D eigenvalue weighted by Crippen LogP contribution is 2.12.